The van der Waals surface area contributed by atoms with E-state index in [0.29, 0.717) is 23.9 Å². The molecule has 0 amide bonds. The van der Waals surface area contributed by atoms with Gasteiger partial charge in [0.2, 0.25) is 5.89 Å². The molecule has 0 aromatic carbocycles. The van der Waals surface area contributed by atoms with Crippen molar-refractivity contribution in [2.75, 3.05) is 18.4 Å². The minimum atomic E-state index is 0.485. The third-order valence-electron chi connectivity index (χ3n) is 3.39. The summed E-state index contributed by atoms with van der Waals surface area (Å²) in [5, 5.41) is 14.4. The van der Waals surface area contributed by atoms with Gasteiger partial charge in [-0.25, -0.2) is 0 Å². The van der Waals surface area contributed by atoms with Gasteiger partial charge < -0.3 is 15.1 Å². The maximum atomic E-state index is 5.48. The third kappa shape index (κ3) is 3.43. The Labute approximate surface area is 102 Å². The van der Waals surface area contributed by atoms with E-state index in [1.165, 1.54) is 6.42 Å². The second kappa shape index (κ2) is 5.04. The van der Waals surface area contributed by atoms with Gasteiger partial charge in [0.1, 0.15) is 0 Å². The Hall–Kier alpha value is -1.10. The molecule has 1 saturated carbocycles. The van der Waals surface area contributed by atoms with Crippen LogP contribution in [0.5, 0.6) is 0 Å². The Bertz CT molecular complexity index is 361. The lowest BCUT2D eigenvalue weighted by Gasteiger charge is -2.02. The molecule has 17 heavy (non-hydrogen) atoms. The summed E-state index contributed by atoms with van der Waals surface area (Å²) in [6, 6.07) is 0.543. The lowest BCUT2D eigenvalue weighted by molar-refractivity contribution is 0.474. The van der Waals surface area contributed by atoms with E-state index in [4.69, 9.17) is 4.42 Å². The molecule has 0 spiro atoms. The van der Waals surface area contributed by atoms with Crippen molar-refractivity contribution in [1.82, 2.24) is 15.5 Å². The lowest BCUT2D eigenvalue weighted by Crippen LogP contribution is -2.13. The van der Waals surface area contributed by atoms with E-state index in [1.54, 1.807) is 0 Å². The molecule has 2 N–H and O–H groups in total. The number of anilines is 1. The zero-order chi connectivity index (χ0) is 12.3. The number of hydrogen-bond donors (Lipinski definition) is 2. The maximum Gasteiger partial charge on any atom is 0.315 e. The smallest absolute Gasteiger partial charge is 0.315 e. The molecule has 1 aliphatic rings. The number of nitrogens with one attached hydrogen (secondary N) is 2. The first-order valence-electron chi connectivity index (χ1n) is 6.39. The molecule has 1 fully saturated rings. The van der Waals surface area contributed by atoms with Gasteiger partial charge in [0.05, 0.1) is 6.54 Å². The van der Waals surface area contributed by atoms with Crippen LogP contribution >= 0.6 is 0 Å². The predicted octanol–water partition coefficient (Wildman–Crippen LogP) is 2.03. The molecule has 0 bridgehead atoms. The van der Waals surface area contributed by atoms with Crippen molar-refractivity contribution in [2.45, 2.75) is 40.2 Å². The summed E-state index contributed by atoms with van der Waals surface area (Å²) in [6.45, 7) is 9.25. The van der Waals surface area contributed by atoms with Gasteiger partial charge in [0.15, 0.2) is 0 Å². The molecule has 0 saturated heterocycles. The van der Waals surface area contributed by atoms with Crippen LogP contribution in [0.1, 0.15) is 39.5 Å². The van der Waals surface area contributed by atoms with Gasteiger partial charge in [-0.2, -0.15) is 0 Å². The van der Waals surface area contributed by atoms with Crippen LogP contribution in [0.4, 0.5) is 6.01 Å². The van der Waals surface area contributed by atoms with Gasteiger partial charge in [0.25, 0.3) is 0 Å². The van der Waals surface area contributed by atoms with Gasteiger partial charge in [0, 0.05) is 6.54 Å². The molecular weight excluding hydrogens is 216 g/mol. The first-order chi connectivity index (χ1) is 8.12. The molecule has 1 unspecified atom stereocenters. The quantitative estimate of drug-likeness (QED) is 0.712. The van der Waals surface area contributed by atoms with Crippen molar-refractivity contribution in [1.29, 1.82) is 0 Å². The summed E-state index contributed by atoms with van der Waals surface area (Å²) >= 11 is 0. The Balaban J connectivity index is 1.71. The van der Waals surface area contributed by atoms with Gasteiger partial charge in [-0.3, -0.25) is 0 Å². The molecule has 1 heterocycles. The normalized spacial score (nSPS) is 21.5. The van der Waals surface area contributed by atoms with Gasteiger partial charge in [-0.1, -0.05) is 25.9 Å². The number of hydrogen-bond acceptors (Lipinski definition) is 5. The molecule has 1 aliphatic carbocycles. The zero-order valence-electron chi connectivity index (χ0n) is 10.9. The monoisotopic (exact) mass is 238 g/mol. The van der Waals surface area contributed by atoms with Crippen LogP contribution in [0.2, 0.25) is 0 Å². The third-order valence-corrected chi connectivity index (χ3v) is 3.39. The molecule has 5 nitrogen and oxygen atoms in total. The second-order valence-corrected chi connectivity index (χ2v) is 5.45. The fraction of sp³-hybridized carbons (Fsp3) is 0.833. The summed E-state index contributed by atoms with van der Waals surface area (Å²) in [7, 11) is 0. The molecule has 96 valence electrons. The van der Waals surface area contributed by atoms with Crippen molar-refractivity contribution < 1.29 is 4.42 Å². The summed E-state index contributed by atoms with van der Waals surface area (Å²) in [4.78, 5) is 0. The van der Waals surface area contributed by atoms with Crippen LogP contribution in [-0.2, 0) is 6.54 Å². The first-order valence-corrected chi connectivity index (χ1v) is 6.39. The lowest BCUT2D eigenvalue weighted by atomic mass is 10.1. The molecule has 2 rings (SSSR count). The first kappa shape index (κ1) is 12.4. The van der Waals surface area contributed by atoms with E-state index >= 15 is 0 Å². The van der Waals surface area contributed by atoms with E-state index in [9.17, 15) is 0 Å². The van der Waals surface area contributed by atoms with Crippen LogP contribution in [0.3, 0.4) is 0 Å². The zero-order valence-corrected chi connectivity index (χ0v) is 10.9. The summed E-state index contributed by atoms with van der Waals surface area (Å²) in [5.74, 6) is 1.38. The predicted molar refractivity (Wildman–Crippen MR) is 66.7 cm³/mol. The van der Waals surface area contributed by atoms with E-state index in [2.05, 4.69) is 41.6 Å². The Morgan fingerprint density at radius 3 is 2.82 bits per heavy atom. The van der Waals surface area contributed by atoms with Gasteiger partial charge >= 0.3 is 6.01 Å². The highest BCUT2D eigenvalue weighted by atomic mass is 16.4. The van der Waals surface area contributed by atoms with Crippen molar-refractivity contribution >= 4 is 6.01 Å². The molecule has 0 aliphatic heterocycles. The minimum absolute atomic E-state index is 0.485. The summed E-state index contributed by atoms with van der Waals surface area (Å²) in [6.07, 6.45) is 2.38. The van der Waals surface area contributed by atoms with Crippen molar-refractivity contribution in [3.8, 4) is 0 Å². The topological polar surface area (TPSA) is 63.0 Å². The van der Waals surface area contributed by atoms with E-state index < -0.39 is 0 Å². The molecule has 1 aromatic heterocycles. The fourth-order valence-corrected chi connectivity index (χ4v) is 1.90. The summed E-state index contributed by atoms with van der Waals surface area (Å²) in [5.41, 5.74) is 0.485. The largest absolute Gasteiger partial charge is 0.407 e. The van der Waals surface area contributed by atoms with Gasteiger partial charge in [-0.15, -0.1) is 5.10 Å². The van der Waals surface area contributed by atoms with Crippen LogP contribution < -0.4 is 10.6 Å². The Kier molecular flexibility index (Phi) is 3.66. The number of aromatic nitrogens is 2. The van der Waals surface area contributed by atoms with Crippen LogP contribution in [0, 0.1) is 11.3 Å². The van der Waals surface area contributed by atoms with Crippen LogP contribution in [0.15, 0.2) is 4.42 Å². The molecular formula is C12H22N4O. The molecule has 1 atom stereocenters. The van der Waals surface area contributed by atoms with E-state index in [1.807, 2.05) is 0 Å². The molecule has 1 aromatic rings. The van der Waals surface area contributed by atoms with Crippen molar-refractivity contribution in [3.63, 3.8) is 0 Å². The van der Waals surface area contributed by atoms with Gasteiger partial charge in [-0.05, 0) is 30.7 Å². The van der Waals surface area contributed by atoms with Crippen molar-refractivity contribution in [2.24, 2.45) is 11.3 Å². The number of rotatable bonds is 7. The van der Waals surface area contributed by atoms with Crippen LogP contribution in [-0.4, -0.2) is 23.3 Å². The highest BCUT2D eigenvalue weighted by Crippen LogP contribution is 2.51. The standard InChI is InChI=1S/C12H22N4O/c1-4-5-13-8-10-15-16-11(17-10)14-7-9-6-12(9,2)3/h9,13H,4-8H2,1-3H3,(H,14,16). The highest BCUT2D eigenvalue weighted by molar-refractivity contribution is 5.18. The summed E-state index contributed by atoms with van der Waals surface area (Å²) < 4.78 is 5.48. The van der Waals surface area contributed by atoms with E-state index in [0.717, 1.165) is 25.4 Å². The Morgan fingerprint density at radius 2 is 2.18 bits per heavy atom. The van der Waals surface area contributed by atoms with E-state index in [-0.39, 0.29) is 0 Å². The molecule has 5 heteroatoms. The SMILES string of the molecule is CCCNCc1nnc(NCC2CC2(C)C)o1. The second-order valence-electron chi connectivity index (χ2n) is 5.45. The minimum Gasteiger partial charge on any atom is -0.407 e. The maximum absolute atomic E-state index is 5.48. The fourth-order valence-electron chi connectivity index (χ4n) is 1.90. The number of nitrogens with zero attached hydrogens (tertiary/aromatic N) is 2. The highest BCUT2D eigenvalue weighted by Gasteiger charge is 2.45. The average molecular weight is 238 g/mol. The van der Waals surface area contributed by atoms with Crippen molar-refractivity contribution in [3.05, 3.63) is 5.89 Å². The Morgan fingerprint density at radius 1 is 1.41 bits per heavy atom. The average Bonchev–Trinajstić information content (AvgIpc) is 2.72. The van der Waals surface area contributed by atoms with Crippen LogP contribution in [0.25, 0.3) is 0 Å². The molecule has 0 radical (unpaired) electrons.